The van der Waals surface area contributed by atoms with Crippen molar-refractivity contribution in [2.24, 2.45) is 5.73 Å². The Labute approximate surface area is 110 Å². The molecule has 0 atom stereocenters. The number of benzene rings is 1. The van der Waals surface area contributed by atoms with Crippen LogP contribution in [0.4, 0.5) is 0 Å². The van der Waals surface area contributed by atoms with Gasteiger partial charge < -0.3 is 10.8 Å². The number of fused-ring (bicyclic) bond motifs is 1. The second-order valence-electron chi connectivity index (χ2n) is 4.34. The molecule has 5 nitrogen and oxygen atoms in total. The number of phenolic OH excluding ortho intramolecular Hbond substituents is 1. The van der Waals surface area contributed by atoms with Crippen LogP contribution in [0.25, 0.3) is 5.65 Å². The normalized spacial score (nSPS) is 11.0. The van der Waals surface area contributed by atoms with E-state index in [1.807, 2.05) is 30.5 Å². The number of hydrogen-bond acceptors (Lipinski definition) is 4. The van der Waals surface area contributed by atoms with Gasteiger partial charge in [0.2, 0.25) is 0 Å². The molecule has 0 bridgehead atoms. The van der Waals surface area contributed by atoms with E-state index in [4.69, 9.17) is 5.73 Å². The predicted molar refractivity (Wildman–Crippen MR) is 71.8 cm³/mol. The van der Waals surface area contributed by atoms with Gasteiger partial charge in [-0.2, -0.15) is 5.10 Å². The molecular weight excluding hydrogens is 240 g/mol. The molecule has 0 saturated carbocycles. The second kappa shape index (κ2) is 4.70. The molecule has 0 saturated heterocycles. The highest BCUT2D eigenvalue weighted by Crippen LogP contribution is 2.19. The van der Waals surface area contributed by atoms with Crippen molar-refractivity contribution >= 4 is 5.65 Å². The quantitative estimate of drug-likeness (QED) is 0.742. The lowest BCUT2D eigenvalue weighted by atomic mass is 10.1. The number of pyridine rings is 1. The maximum Gasteiger partial charge on any atom is 0.160 e. The van der Waals surface area contributed by atoms with Crippen molar-refractivity contribution in [1.29, 1.82) is 0 Å². The Morgan fingerprint density at radius 1 is 1.11 bits per heavy atom. The zero-order chi connectivity index (χ0) is 13.2. The van der Waals surface area contributed by atoms with Crippen molar-refractivity contribution in [3.63, 3.8) is 0 Å². The molecule has 3 N–H and O–H groups in total. The minimum Gasteiger partial charge on any atom is -0.508 e. The van der Waals surface area contributed by atoms with Crippen molar-refractivity contribution in [3.8, 4) is 5.75 Å². The van der Waals surface area contributed by atoms with E-state index < -0.39 is 0 Å². The Kier molecular flexibility index (Phi) is 2.89. The monoisotopic (exact) mass is 254 g/mol. The number of rotatable bonds is 3. The number of para-hydroxylation sites is 1. The number of aromatic nitrogens is 3. The van der Waals surface area contributed by atoms with Crippen LogP contribution < -0.4 is 5.73 Å². The average molecular weight is 254 g/mol. The van der Waals surface area contributed by atoms with Gasteiger partial charge >= 0.3 is 0 Å². The third-order valence-corrected chi connectivity index (χ3v) is 3.05. The highest BCUT2D eigenvalue weighted by molar-refractivity contribution is 5.47. The molecule has 0 amide bonds. The molecule has 2 heterocycles. The molecule has 0 aliphatic carbocycles. The summed E-state index contributed by atoms with van der Waals surface area (Å²) in [6.45, 7) is 0.430. The Bertz CT molecular complexity index is 720. The molecular formula is C14H14N4O. The van der Waals surface area contributed by atoms with Crippen LogP contribution in [0, 0.1) is 0 Å². The first-order chi connectivity index (χ1) is 9.28. The van der Waals surface area contributed by atoms with E-state index in [0.717, 1.165) is 16.8 Å². The summed E-state index contributed by atoms with van der Waals surface area (Å²) in [7, 11) is 0. The summed E-state index contributed by atoms with van der Waals surface area (Å²) in [6.07, 6.45) is 2.34. The van der Waals surface area contributed by atoms with Crippen molar-refractivity contribution < 1.29 is 5.11 Å². The molecule has 96 valence electrons. The molecule has 5 heteroatoms. The highest BCUT2D eigenvalue weighted by Gasteiger charge is 2.09. The molecule has 19 heavy (non-hydrogen) atoms. The van der Waals surface area contributed by atoms with Crippen molar-refractivity contribution in [2.75, 3.05) is 0 Å². The average Bonchev–Trinajstić information content (AvgIpc) is 2.83. The Morgan fingerprint density at radius 2 is 1.89 bits per heavy atom. The summed E-state index contributed by atoms with van der Waals surface area (Å²) < 4.78 is 1.72. The van der Waals surface area contributed by atoms with Crippen LogP contribution in [-0.4, -0.2) is 19.7 Å². The summed E-state index contributed by atoms with van der Waals surface area (Å²) in [5.74, 6) is 0.933. The number of hydrogen-bond donors (Lipinski definition) is 2. The van der Waals surface area contributed by atoms with Crippen LogP contribution in [0.5, 0.6) is 5.75 Å². The third-order valence-electron chi connectivity index (χ3n) is 3.05. The van der Waals surface area contributed by atoms with Gasteiger partial charge in [-0.1, -0.05) is 24.3 Å². The fourth-order valence-corrected chi connectivity index (χ4v) is 2.07. The van der Waals surface area contributed by atoms with Crippen molar-refractivity contribution in [2.45, 2.75) is 13.0 Å². The number of phenols is 1. The van der Waals surface area contributed by atoms with Gasteiger partial charge in [0, 0.05) is 30.3 Å². The number of aromatic hydroxyl groups is 1. The zero-order valence-corrected chi connectivity index (χ0v) is 10.3. The molecule has 0 aliphatic heterocycles. The smallest absolute Gasteiger partial charge is 0.160 e. The first kappa shape index (κ1) is 11.7. The van der Waals surface area contributed by atoms with Crippen LogP contribution in [0.1, 0.15) is 17.0 Å². The van der Waals surface area contributed by atoms with Gasteiger partial charge in [0.15, 0.2) is 11.5 Å². The van der Waals surface area contributed by atoms with Crippen LogP contribution in [0.2, 0.25) is 0 Å². The summed E-state index contributed by atoms with van der Waals surface area (Å²) >= 11 is 0. The lowest BCUT2D eigenvalue weighted by molar-refractivity contribution is 0.469. The standard InChI is InChI=1S/C14H14N4O/c15-9-11-5-3-7-18-14(11)16-13(17-18)8-10-4-1-2-6-12(10)19/h1-7,19H,8-9,15H2. The molecule has 0 aliphatic rings. The van der Waals surface area contributed by atoms with E-state index in [1.54, 1.807) is 16.6 Å². The van der Waals surface area contributed by atoms with Gasteiger partial charge in [0.1, 0.15) is 5.75 Å². The minimum absolute atomic E-state index is 0.264. The minimum atomic E-state index is 0.264. The van der Waals surface area contributed by atoms with E-state index in [1.165, 1.54) is 0 Å². The third kappa shape index (κ3) is 2.15. The SMILES string of the molecule is NCc1cccn2nc(Cc3ccccc3O)nc12. The van der Waals surface area contributed by atoms with Gasteiger partial charge in [-0.25, -0.2) is 9.50 Å². The Morgan fingerprint density at radius 3 is 2.68 bits per heavy atom. The Balaban J connectivity index is 2.00. The second-order valence-corrected chi connectivity index (χ2v) is 4.34. The van der Waals surface area contributed by atoms with Crippen LogP contribution in [0.15, 0.2) is 42.6 Å². The fourth-order valence-electron chi connectivity index (χ4n) is 2.07. The summed E-state index contributed by atoms with van der Waals surface area (Å²) in [5, 5.41) is 14.2. The molecule has 1 aromatic carbocycles. The maximum absolute atomic E-state index is 9.77. The fraction of sp³-hybridized carbons (Fsp3) is 0.143. The van der Waals surface area contributed by atoms with Crippen LogP contribution in [-0.2, 0) is 13.0 Å². The molecule has 0 radical (unpaired) electrons. The highest BCUT2D eigenvalue weighted by atomic mass is 16.3. The van der Waals surface area contributed by atoms with Crippen LogP contribution >= 0.6 is 0 Å². The van der Waals surface area contributed by atoms with Gasteiger partial charge in [0.25, 0.3) is 0 Å². The zero-order valence-electron chi connectivity index (χ0n) is 10.3. The van der Waals surface area contributed by atoms with Crippen molar-refractivity contribution in [3.05, 3.63) is 59.5 Å². The molecule has 3 aromatic rings. The summed E-state index contributed by atoms with van der Waals surface area (Å²) in [6, 6.07) is 11.0. The Hall–Kier alpha value is -2.40. The maximum atomic E-state index is 9.77. The lowest BCUT2D eigenvalue weighted by Crippen LogP contribution is -1.99. The first-order valence-electron chi connectivity index (χ1n) is 6.08. The van der Waals surface area contributed by atoms with Gasteiger partial charge in [-0.3, -0.25) is 0 Å². The predicted octanol–water partition coefficient (Wildman–Crippen LogP) is 1.48. The van der Waals surface area contributed by atoms with E-state index in [-0.39, 0.29) is 5.75 Å². The van der Waals surface area contributed by atoms with E-state index in [9.17, 15) is 5.11 Å². The summed E-state index contributed by atoms with van der Waals surface area (Å²) in [4.78, 5) is 4.48. The molecule has 0 unspecified atom stereocenters. The molecule has 2 aromatic heterocycles. The van der Waals surface area contributed by atoms with Crippen LogP contribution in [0.3, 0.4) is 0 Å². The molecule has 0 spiro atoms. The van der Waals surface area contributed by atoms with E-state index in [0.29, 0.717) is 18.8 Å². The van der Waals surface area contributed by atoms with Gasteiger partial charge in [-0.15, -0.1) is 0 Å². The number of nitrogens with zero attached hydrogens (tertiary/aromatic N) is 3. The van der Waals surface area contributed by atoms with Gasteiger partial charge in [0.05, 0.1) is 0 Å². The summed E-state index contributed by atoms with van der Waals surface area (Å²) in [5.41, 5.74) is 8.22. The largest absolute Gasteiger partial charge is 0.508 e. The number of nitrogens with two attached hydrogens (primary N) is 1. The van der Waals surface area contributed by atoms with Crippen molar-refractivity contribution in [1.82, 2.24) is 14.6 Å². The lowest BCUT2D eigenvalue weighted by Gasteiger charge is -1.99. The van der Waals surface area contributed by atoms with Gasteiger partial charge in [-0.05, 0) is 12.1 Å². The van der Waals surface area contributed by atoms with E-state index in [2.05, 4.69) is 10.1 Å². The topological polar surface area (TPSA) is 76.4 Å². The van der Waals surface area contributed by atoms with E-state index >= 15 is 0 Å². The molecule has 3 rings (SSSR count). The first-order valence-corrected chi connectivity index (χ1v) is 6.08. The molecule has 0 fully saturated rings.